The quantitative estimate of drug-likeness (QED) is 0.733. The fourth-order valence-corrected chi connectivity index (χ4v) is 1.55. The Morgan fingerprint density at radius 1 is 1.35 bits per heavy atom. The van der Waals surface area contributed by atoms with Crippen LogP contribution >= 0.6 is 0 Å². The van der Waals surface area contributed by atoms with Crippen molar-refractivity contribution in [2.24, 2.45) is 0 Å². The molecule has 0 unspecified atom stereocenters. The van der Waals surface area contributed by atoms with Crippen LogP contribution in [0, 0.1) is 0 Å². The lowest BCUT2D eigenvalue weighted by Gasteiger charge is -2.21. The minimum Gasteiger partial charge on any atom is -0.351 e. The van der Waals surface area contributed by atoms with E-state index in [-0.39, 0.29) is 0 Å². The molecule has 0 bridgehead atoms. The average molecular weight is 234 g/mol. The molecule has 94 valence electrons. The minimum absolute atomic E-state index is 0.774. The van der Waals surface area contributed by atoms with E-state index in [9.17, 15) is 0 Å². The third-order valence-electron chi connectivity index (χ3n) is 2.43. The molecule has 1 rings (SSSR count). The van der Waals surface area contributed by atoms with Gasteiger partial charge in [0.15, 0.2) is 5.82 Å². The third-order valence-corrected chi connectivity index (χ3v) is 2.43. The number of likely N-dealkylation sites (N-methyl/N-ethyl adjacent to an activating group) is 1. The summed E-state index contributed by atoms with van der Waals surface area (Å²) in [6.07, 6.45) is 0. The summed E-state index contributed by atoms with van der Waals surface area (Å²) in [5.74, 6) is 0.913. The smallest absolute Gasteiger partial charge is 0.151 e. The summed E-state index contributed by atoms with van der Waals surface area (Å²) in [6, 6.07) is 4.04. The van der Waals surface area contributed by atoms with Crippen molar-refractivity contribution in [2.75, 3.05) is 24.5 Å². The zero-order chi connectivity index (χ0) is 12.7. The average Bonchev–Trinajstić information content (AvgIpc) is 2.34. The minimum atomic E-state index is 0.774. The lowest BCUT2D eigenvalue weighted by molar-refractivity contribution is 0.695. The van der Waals surface area contributed by atoms with Crippen LogP contribution in [0.25, 0.3) is 0 Å². The molecule has 4 nitrogen and oxygen atoms in total. The highest BCUT2D eigenvalue weighted by molar-refractivity contribution is 5.38. The first kappa shape index (κ1) is 13.6. The van der Waals surface area contributed by atoms with E-state index >= 15 is 0 Å². The Balaban J connectivity index is 2.67. The maximum atomic E-state index is 4.25. The lowest BCUT2D eigenvalue weighted by Crippen LogP contribution is -2.26. The standard InChI is InChI=1S/C13H22N4/c1-5-14-9-12-7-8-13(16-15-12)17(6-2)10-11(3)4/h7-8,14H,3,5-6,9-10H2,1-2,4H3. The summed E-state index contributed by atoms with van der Waals surface area (Å²) in [6.45, 7) is 13.6. The number of anilines is 1. The highest BCUT2D eigenvalue weighted by Gasteiger charge is 2.06. The van der Waals surface area contributed by atoms with Crippen molar-refractivity contribution in [3.05, 3.63) is 30.0 Å². The Morgan fingerprint density at radius 2 is 2.12 bits per heavy atom. The van der Waals surface area contributed by atoms with Crippen molar-refractivity contribution < 1.29 is 0 Å². The Bertz CT molecular complexity index is 345. The fourth-order valence-electron chi connectivity index (χ4n) is 1.55. The maximum Gasteiger partial charge on any atom is 0.151 e. The Morgan fingerprint density at radius 3 is 2.59 bits per heavy atom. The summed E-state index contributed by atoms with van der Waals surface area (Å²) >= 11 is 0. The van der Waals surface area contributed by atoms with E-state index in [1.807, 2.05) is 19.1 Å². The number of nitrogens with one attached hydrogen (secondary N) is 1. The van der Waals surface area contributed by atoms with Crippen molar-refractivity contribution in [3.63, 3.8) is 0 Å². The van der Waals surface area contributed by atoms with E-state index in [1.165, 1.54) is 0 Å². The number of aromatic nitrogens is 2. The first-order valence-electron chi connectivity index (χ1n) is 6.10. The third kappa shape index (κ3) is 4.53. The van der Waals surface area contributed by atoms with Gasteiger partial charge in [-0.15, -0.1) is 5.10 Å². The first-order chi connectivity index (χ1) is 8.17. The van der Waals surface area contributed by atoms with Gasteiger partial charge >= 0.3 is 0 Å². The second kappa shape index (κ2) is 7.01. The lowest BCUT2D eigenvalue weighted by atomic mass is 10.3. The van der Waals surface area contributed by atoms with E-state index in [0.29, 0.717) is 0 Å². The summed E-state index contributed by atoms with van der Waals surface area (Å²) in [4.78, 5) is 2.16. The van der Waals surface area contributed by atoms with Gasteiger partial charge in [0.2, 0.25) is 0 Å². The van der Waals surface area contributed by atoms with Gasteiger partial charge in [0.1, 0.15) is 0 Å². The van der Waals surface area contributed by atoms with Crippen LogP contribution in [-0.4, -0.2) is 29.8 Å². The Hall–Kier alpha value is -1.42. The van der Waals surface area contributed by atoms with Crippen LogP contribution in [-0.2, 0) is 6.54 Å². The highest BCUT2D eigenvalue weighted by atomic mass is 15.3. The van der Waals surface area contributed by atoms with Crippen molar-refractivity contribution in [2.45, 2.75) is 27.3 Å². The van der Waals surface area contributed by atoms with Crippen LogP contribution in [0.3, 0.4) is 0 Å². The molecule has 1 heterocycles. The van der Waals surface area contributed by atoms with Crippen LogP contribution in [0.1, 0.15) is 26.5 Å². The normalized spacial score (nSPS) is 10.3. The molecule has 0 aromatic carbocycles. The molecule has 17 heavy (non-hydrogen) atoms. The van der Waals surface area contributed by atoms with Crippen LogP contribution < -0.4 is 10.2 Å². The number of nitrogens with zero attached hydrogens (tertiary/aromatic N) is 3. The largest absolute Gasteiger partial charge is 0.351 e. The van der Waals surface area contributed by atoms with Gasteiger partial charge in [-0.25, -0.2) is 0 Å². The summed E-state index contributed by atoms with van der Waals surface area (Å²) in [7, 11) is 0. The molecule has 0 aliphatic rings. The predicted molar refractivity (Wildman–Crippen MR) is 72.1 cm³/mol. The molecule has 0 atom stereocenters. The Kier molecular flexibility index (Phi) is 5.63. The van der Waals surface area contributed by atoms with E-state index in [1.54, 1.807) is 0 Å². The van der Waals surface area contributed by atoms with Gasteiger partial charge in [-0.3, -0.25) is 0 Å². The van der Waals surface area contributed by atoms with Gasteiger partial charge in [0, 0.05) is 19.6 Å². The van der Waals surface area contributed by atoms with E-state index in [0.717, 1.165) is 43.3 Å². The van der Waals surface area contributed by atoms with Gasteiger partial charge in [-0.1, -0.05) is 19.1 Å². The fraction of sp³-hybridized carbons (Fsp3) is 0.538. The van der Waals surface area contributed by atoms with Crippen molar-refractivity contribution in [1.82, 2.24) is 15.5 Å². The van der Waals surface area contributed by atoms with Gasteiger partial charge < -0.3 is 10.2 Å². The van der Waals surface area contributed by atoms with Gasteiger partial charge in [-0.05, 0) is 32.5 Å². The molecule has 0 radical (unpaired) electrons. The molecule has 0 aliphatic heterocycles. The van der Waals surface area contributed by atoms with E-state index in [4.69, 9.17) is 0 Å². The van der Waals surface area contributed by atoms with Crippen molar-refractivity contribution in [3.8, 4) is 0 Å². The molecular formula is C13H22N4. The molecular weight excluding hydrogens is 212 g/mol. The number of rotatable bonds is 7. The van der Waals surface area contributed by atoms with Crippen LogP contribution in [0.5, 0.6) is 0 Å². The predicted octanol–water partition coefficient (Wildman–Crippen LogP) is 1.99. The zero-order valence-electron chi connectivity index (χ0n) is 11.0. The van der Waals surface area contributed by atoms with Gasteiger partial charge in [-0.2, -0.15) is 5.10 Å². The molecule has 1 aromatic rings. The number of hydrogen-bond acceptors (Lipinski definition) is 4. The van der Waals surface area contributed by atoms with Crippen LogP contribution in [0.4, 0.5) is 5.82 Å². The van der Waals surface area contributed by atoms with Gasteiger partial charge in [0.05, 0.1) is 5.69 Å². The second-order valence-corrected chi connectivity index (χ2v) is 4.13. The van der Waals surface area contributed by atoms with Crippen LogP contribution in [0.15, 0.2) is 24.3 Å². The monoisotopic (exact) mass is 234 g/mol. The molecule has 1 aromatic heterocycles. The van der Waals surface area contributed by atoms with Crippen molar-refractivity contribution >= 4 is 5.82 Å². The van der Waals surface area contributed by atoms with Crippen LogP contribution in [0.2, 0.25) is 0 Å². The first-order valence-corrected chi connectivity index (χ1v) is 6.10. The molecule has 1 N–H and O–H groups in total. The molecule has 0 saturated carbocycles. The molecule has 0 amide bonds. The molecule has 0 fully saturated rings. The van der Waals surface area contributed by atoms with E-state index < -0.39 is 0 Å². The molecule has 4 heteroatoms. The number of hydrogen-bond donors (Lipinski definition) is 1. The topological polar surface area (TPSA) is 41.0 Å². The Labute approximate surface area is 104 Å². The van der Waals surface area contributed by atoms with Crippen molar-refractivity contribution in [1.29, 1.82) is 0 Å². The summed E-state index contributed by atoms with van der Waals surface area (Å²) in [5.41, 5.74) is 2.10. The molecule has 0 spiro atoms. The van der Waals surface area contributed by atoms with E-state index in [2.05, 4.69) is 40.8 Å². The summed E-state index contributed by atoms with van der Waals surface area (Å²) < 4.78 is 0. The highest BCUT2D eigenvalue weighted by Crippen LogP contribution is 2.10. The van der Waals surface area contributed by atoms with Gasteiger partial charge in [0.25, 0.3) is 0 Å². The maximum absolute atomic E-state index is 4.25. The second-order valence-electron chi connectivity index (χ2n) is 4.13. The SMILES string of the molecule is C=C(C)CN(CC)c1ccc(CNCC)nn1. The molecule has 0 aliphatic carbocycles. The molecule has 0 saturated heterocycles. The zero-order valence-corrected chi connectivity index (χ0v) is 11.0. The summed E-state index contributed by atoms with van der Waals surface area (Å²) in [5, 5.41) is 11.7.